The highest BCUT2D eigenvalue weighted by atomic mass is 32.2. The Morgan fingerprint density at radius 2 is 1.74 bits per heavy atom. The van der Waals surface area contributed by atoms with E-state index in [1.54, 1.807) is 25.3 Å². The normalized spacial score (nSPS) is 16.7. The van der Waals surface area contributed by atoms with Crippen LogP contribution in [0.25, 0.3) is 0 Å². The SMILES string of the molecule is COc1ccc(C(CN/C=C(\C#N)S(=O)(=O)c2ccccc2)N2CCCCCC2)cc1. The summed E-state index contributed by atoms with van der Waals surface area (Å²) >= 11 is 0. The van der Waals surface area contributed by atoms with Gasteiger partial charge in [-0.3, -0.25) is 4.90 Å². The minimum Gasteiger partial charge on any atom is -0.497 e. The second kappa shape index (κ2) is 11.0. The number of nitriles is 1. The summed E-state index contributed by atoms with van der Waals surface area (Å²) in [5, 5.41) is 12.6. The summed E-state index contributed by atoms with van der Waals surface area (Å²) in [7, 11) is -2.20. The molecular formula is C24H29N3O3S. The first-order valence-electron chi connectivity index (χ1n) is 10.6. The number of rotatable bonds is 8. The number of ether oxygens (including phenoxy) is 1. The Bertz CT molecular complexity index is 1000. The lowest BCUT2D eigenvalue weighted by atomic mass is 10.0. The van der Waals surface area contributed by atoms with Gasteiger partial charge in [0, 0.05) is 12.7 Å². The molecule has 1 unspecified atom stereocenters. The van der Waals surface area contributed by atoms with Crippen molar-refractivity contribution in [2.45, 2.75) is 36.6 Å². The quantitative estimate of drug-likeness (QED) is 0.625. The smallest absolute Gasteiger partial charge is 0.218 e. The van der Waals surface area contributed by atoms with Crippen molar-refractivity contribution in [3.63, 3.8) is 0 Å². The van der Waals surface area contributed by atoms with Gasteiger partial charge in [-0.15, -0.1) is 0 Å². The van der Waals surface area contributed by atoms with Gasteiger partial charge in [0.05, 0.1) is 18.0 Å². The van der Waals surface area contributed by atoms with Gasteiger partial charge in [-0.2, -0.15) is 5.26 Å². The van der Waals surface area contributed by atoms with Gasteiger partial charge in [-0.05, 0) is 55.8 Å². The third kappa shape index (κ3) is 5.87. The number of hydrogen-bond donors (Lipinski definition) is 1. The number of nitrogens with one attached hydrogen (secondary N) is 1. The van der Waals surface area contributed by atoms with E-state index in [0.717, 1.165) is 37.2 Å². The number of methoxy groups -OCH3 is 1. The third-order valence-electron chi connectivity index (χ3n) is 5.58. The second-order valence-corrected chi connectivity index (χ2v) is 9.50. The molecular weight excluding hydrogens is 410 g/mol. The summed E-state index contributed by atoms with van der Waals surface area (Å²) < 4.78 is 30.8. The minimum absolute atomic E-state index is 0.0691. The molecule has 1 fully saturated rings. The van der Waals surface area contributed by atoms with Crippen LogP contribution in [0.1, 0.15) is 37.3 Å². The molecule has 0 spiro atoms. The lowest BCUT2D eigenvalue weighted by molar-refractivity contribution is 0.204. The lowest BCUT2D eigenvalue weighted by Crippen LogP contribution is -2.35. The molecule has 3 rings (SSSR count). The van der Waals surface area contributed by atoms with Crippen LogP contribution in [0.3, 0.4) is 0 Å². The van der Waals surface area contributed by atoms with Crippen molar-refractivity contribution >= 4 is 9.84 Å². The van der Waals surface area contributed by atoms with E-state index in [1.165, 1.54) is 31.2 Å². The molecule has 7 heteroatoms. The fraction of sp³-hybridized carbons (Fsp3) is 0.375. The van der Waals surface area contributed by atoms with E-state index in [-0.39, 0.29) is 15.8 Å². The maximum absolute atomic E-state index is 12.8. The van der Waals surface area contributed by atoms with Gasteiger partial charge in [0.2, 0.25) is 9.84 Å². The summed E-state index contributed by atoms with van der Waals surface area (Å²) in [4.78, 5) is 2.26. The number of likely N-dealkylation sites (tertiary alicyclic amines) is 1. The van der Waals surface area contributed by atoms with Crippen molar-refractivity contribution in [2.24, 2.45) is 0 Å². The van der Waals surface area contributed by atoms with Crippen LogP contribution < -0.4 is 10.1 Å². The fourth-order valence-electron chi connectivity index (χ4n) is 3.85. The monoisotopic (exact) mass is 439 g/mol. The predicted molar refractivity (Wildman–Crippen MR) is 121 cm³/mol. The fourth-order valence-corrected chi connectivity index (χ4v) is 4.98. The second-order valence-electron chi connectivity index (χ2n) is 7.58. The maximum atomic E-state index is 12.8. The van der Waals surface area contributed by atoms with Gasteiger partial charge < -0.3 is 10.1 Å². The predicted octanol–water partition coefficient (Wildman–Crippen LogP) is 4.04. The zero-order valence-corrected chi connectivity index (χ0v) is 18.6. The minimum atomic E-state index is -3.85. The maximum Gasteiger partial charge on any atom is 0.218 e. The summed E-state index contributed by atoms with van der Waals surface area (Å²) in [5.74, 6) is 0.798. The van der Waals surface area contributed by atoms with Crippen LogP contribution in [0.5, 0.6) is 5.75 Å². The molecule has 1 aliphatic heterocycles. The number of nitrogens with zero attached hydrogens (tertiary/aromatic N) is 2. The Labute approximate surface area is 185 Å². The lowest BCUT2D eigenvalue weighted by Gasteiger charge is -2.31. The van der Waals surface area contributed by atoms with Gasteiger partial charge in [-0.1, -0.05) is 43.2 Å². The molecule has 0 bridgehead atoms. The molecule has 0 aliphatic carbocycles. The molecule has 1 N–H and O–H groups in total. The summed E-state index contributed by atoms with van der Waals surface area (Å²) in [6, 6.07) is 17.9. The van der Waals surface area contributed by atoms with Gasteiger partial charge in [0.25, 0.3) is 0 Å². The molecule has 31 heavy (non-hydrogen) atoms. The van der Waals surface area contributed by atoms with Crippen molar-refractivity contribution in [2.75, 3.05) is 26.7 Å². The Morgan fingerprint density at radius 1 is 1.10 bits per heavy atom. The van der Waals surface area contributed by atoms with E-state index in [4.69, 9.17) is 4.74 Å². The first-order chi connectivity index (χ1) is 15.1. The van der Waals surface area contributed by atoms with E-state index in [0.29, 0.717) is 6.54 Å². The van der Waals surface area contributed by atoms with Crippen LogP contribution in [0.4, 0.5) is 0 Å². The van der Waals surface area contributed by atoms with Crippen LogP contribution in [-0.4, -0.2) is 40.1 Å². The first-order valence-corrected chi connectivity index (χ1v) is 12.1. The van der Waals surface area contributed by atoms with Crippen LogP contribution >= 0.6 is 0 Å². The van der Waals surface area contributed by atoms with Gasteiger partial charge >= 0.3 is 0 Å². The molecule has 1 atom stereocenters. The van der Waals surface area contributed by atoms with Crippen molar-refractivity contribution < 1.29 is 13.2 Å². The molecule has 0 saturated carbocycles. The van der Waals surface area contributed by atoms with Gasteiger partial charge in [0.1, 0.15) is 11.8 Å². The van der Waals surface area contributed by atoms with E-state index in [2.05, 4.69) is 10.2 Å². The van der Waals surface area contributed by atoms with Crippen molar-refractivity contribution in [1.82, 2.24) is 10.2 Å². The average molecular weight is 440 g/mol. The molecule has 1 aliphatic rings. The molecule has 0 amide bonds. The molecule has 1 saturated heterocycles. The Balaban J connectivity index is 1.80. The van der Waals surface area contributed by atoms with Crippen LogP contribution in [0.15, 0.2) is 70.6 Å². The number of benzene rings is 2. The standard InChI is InChI=1S/C24H29N3O3S/c1-30-21-13-11-20(12-14-21)24(27-15-7-2-3-8-16-27)19-26-18-23(17-25)31(28,29)22-9-5-4-6-10-22/h4-6,9-14,18,24,26H,2-3,7-8,15-16,19H2,1H3/b23-18+. The molecule has 2 aromatic carbocycles. The number of allylic oxidation sites excluding steroid dienone is 1. The first kappa shape index (κ1) is 22.9. The van der Waals surface area contributed by atoms with Crippen LogP contribution in [0, 0.1) is 11.3 Å². The summed E-state index contributed by atoms with van der Waals surface area (Å²) in [6.45, 7) is 2.49. The zero-order chi connectivity index (χ0) is 22.1. The van der Waals surface area contributed by atoms with Crippen molar-refractivity contribution in [1.29, 1.82) is 5.26 Å². The summed E-state index contributed by atoms with van der Waals surface area (Å²) in [6.07, 6.45) is 6.08. The summed E-state index contributed by atoms with van der Waals surface area (Å²) in [5.41, 5.74) is 1.13. The Morgan fingerprint density at radius 3 is 2.32 bits per heavy atom. The van der Waals surface area contributed by atoms with Gasteiger partial charge in [-0.25, -0.2) is 8.42 Å². The highest BCUT2D eigenvalue weighted by molar-refractivity contribution is 7.95. The third-order valence-corrected chi connectivity index (χ3v) is 7.26. The molecule has 164 valence electrons. The van der Waals surface area contributed by atoms with Crippen molar-refractivity contribution in [3.05, 3.63) is 71.3 Å². The Kier molecular flexibility index (Phi) is 8.10. The highest BCUT2D eigenvalue weighted by Gasteiger charge is 2.23. The molecule has 0 radical (unpaired) electrons. The van der Waals surface area contributed by atoms with Crippen LogP contribution in [0.2, 0.25) is 0 Å². The topological polar surface area (TPSA) is 82.4 Å². The van der Waals surface area contributed by atoms with E-state index in [9.17, 15) is 13.7 Å². The van der Waals surface area contributed by atoms with E-state index < -0.39 is 9.84 Å². The molecule has 2 aromatic rings. The zero-order valence-electron chi connectivity index (χ0n) is 17.8. The Hall–Kier alpha value is -2.82. The number of sulfone groups is 1. The van der Waals surface area contributed by atoms with Crippen LogP contribution in [-0.2, 0) is 9.84 Å². The number of hydrogen-bond acceptors (Lipinski definition) is 6. The highest BCUT2D eigenvalue weighted by Crippen LogP contribution is 2.26. The molecule has 6 nitrogen and oxygen atoms in total. The van der Waals surface area contributed by atoms with Gasteiger partial charge in [0.15, 0.2) is 4.91 Å². The van der Waals surface area contributed by atoms with Crippen molar-refractivity contribution in [3.8, 4) is 11.8 Å². The van der Waals surface area contributed by atoms with E-state index >= 15 is 0 Å². The average Bonchev–Trinajstić information content (AvgIpc) is 3.09. The largest absolute Gasteiger partial charge is 0.497 e. The molecule has 1 heterocycles. The van der Waals surface area contributed by atoms with E-state index in [1.807, 2.05) is 30.3 Å². The molecule has 0 aromatic heterocycles.